The Bertz CT molecular complexity index is 715. The van der Waals surface area contributed by atoms with Crippen molar-refractivity contribution < 1.29 is 18.7 Å². The molecule has 1 heterocycles. The van der Waals surface area contributed by atoms with Gasteiger partial charge >= 0.3 is 11.7 Å². The number of aromatic nitrogens is 1. The van der Waals surface area contributed by atoms with Gasteiger partial charge in [0.15, 0.2) is 11.7 Å². The van der Waals surface area contributed by atoms with Crippen LogP contribution < -0.4 is 11.5 Å². The van der Waals surface area contributed by atoms with E-state index in [2.05, 4.69) is 0 Å². The number of esters is 1. The Hall–Kier alpha value is -2.57. The number of amides is 1. The molecular formula is C14H16N2O5. The van der Waals surface area contributed by atoms with Gasteiger partial charge in [-0.25, -0.2) is 4.79 Å². The molecule has 1 atom stereocenters. The maximum atomic E-state index is 11.7. The number of nitrogens with zero attached hydrogens (tertiary/aromatic N) is 1. The van der Waals surface area contributed by atoms with Crippen LogP contribution >= 0.6 is 0 Å². The molecule has 0 aliphatic heterocycles. The Morgan fingerprint density at radius 2 is 2.10 bits per heavy atom. The molecule has 2 N–H and O–H groups in total. The predicted molar refractivity (Wildman–Crippen MR) is 74.5 cm³/mol. The van der Waals surface area contributed by atoms with Crippen molar-refractivity contribution in [1.82, 2.24) is 4.57 Å². The third-order valence-corrected chi connectivity index (χ3v) is 3.05. The summed E-state index contributed by atoms with van der Waals surface area (Å²) >= 11 is 0. The number of fused-ring (bicyclic) bond motifs is 1. The molecule has 21 heavy (non-hydrogen) atoms. The van der Waals surface area contributed by atoms with Crippen LogP contribution in [0.25, 0.3) is 11.1 Å². The number of primary amides is 1. The highest BCUT2D eigenvalue weighted by molar-refractivity contribution is 5.81. The van der Waals surface area contributed by atoms with Gasteiger partial charge in [-0.3, -0.25) is 14.2 Å². The molecule has 0 saturated carbocycles. The molecule has 7 nitrogen and oxygen atoms in total. The summed E-state index contributed by atoms with van der Waals surface area (Å²) in [6.07, 6.45) is -0.466. The molecule has 0 fully saturated rings. The summed E-state index contributed by atoms with van der Waals surface area (Å²) in [7, 11) is 0. The van der Waals surface area contributed by atoms with Gasteiger partial charge in [0.25, 0.3) is 5.91 Å². The molecule has 0 aliphatic rings. The lowest BCUT2D eigenvalue weighted by atomic mass is 10.3. The Morgan fingerprint density at radius 1 is 1.38 bits per heavy atom. The largest absolute Gasteiger partial charge is 0.453 e. The average Bonchev–Trinajstić information content (AvgIpc) is 2.75. The van der Waals surface area contributed by atoms with Gasteiger partial charge in [0.05, 0.1) is 5.52 Å². The van der Waals surface area contributed by atoms with E-state index < -0.39 is 23.7 Å². The Morgan fingerprint density at radius 3 is 2.81 bits per heavy atom. The Kier molecular flexibility index (Phi) is 4.42. The molecule has 0 saturated heterocycles. The minimum absolute atomic E-state index is 0.0869. The summed E-state index contributed by atoms with van der Waals surface area (Å²) in [6, 6.07) is 7.05. The number of hydrogen-bond acceptors (Lipinski definition) is 5. The van der Waals surface area contributed by atoms with E-state index in [-0.39, 0.29) is 6.42 Å². The van der Waals surface area contributed by atoms with Crippen LogP contribution in [0.2, 0.25) is 0 Å². The monoisotopic (exact) mass is 292 g/mol. The normalized spacial score (nSPS) is 12.2. The second-order valence-corrected chi connectivity index (χ2v) is 4.63. The first-order valence-electron chi connectivity index (χ1n) is 6.56. The topological polar surface area (TPSA) is 105 Å². The number of benzene rings is 1. The smallest absolute Gasteiger partial charge is 0.419 e. The fourth-order valence-electron chi connectivity index (χ4n) is 1.92. The van der Waals surface area contributed by atoms with Crippen molar-refractivity contribution >= 4 is 23.0 Å². The van der Waals surface area contributed by atoms with Crippen LogP contribution in [-0.4, -0.2) is 22.5 Å². The maximum Gasteiger partial charge on any atom is 0.419 e. The summed E-state index contributed by atoms with van der Waals surface area (Å²) < 4.78 is 11.4. The van der Waals surface area contributed by atoms with E-state index in [1.807, 2.05) is 0 Å². The quantitative estimate of drug-likeness (QED) is 0.793. The van der Waals surface area contributed by atoms with Crippen molar-refractivity contribution in [1.29, 1.82) is 0 Å². The van der Waals surface area contributed by atoms with Crippen molar-refractivity contribution in [2.24, 2.45) is 5.73 Å². The highest BCUT2D eigenvalue weighted by Gasteiger charge is 2.14. The van der Waals surface area contributed by atoms with E-state index in [0.29, 0.717) is 24.1 Å². The number of carbonyl (C=O) groups excluding carboxylic acids is 2. The minimum atomic E-state index is -0.949. The zero-order valence-corrected chi connectivity index (χ0v) is 11.6. The molecule has 0 unspecified atom stereocenters. The number of nitrogens with two attached hydrogens (primary N) is 1. The number of ether oxygens (including phenoxy) is 1. The lowest BCUT2D eigenvalue weighted by Gasteiger charge is -2.09. The van der Waals surface area contributed by atoms with Gasteiger partial charge in [0, 0.05) is 13.0 Å². The van der Waals surface area contributed by atoms with Gasteiger partial charge in [0.2, 0.25) is 0 Å². The second-order valence-electron chi connectivity index (χ2n) is 4.63. The molecule has 1 aromatic carbocycles. The van der Waals surface area contributed by atoms with Gasteiger partial charge in [-0.1, -0.05) is 12.1 Å². The van der Waals surface area contributed by atoms with Crippen LogP contribution in [0.15, 0.2) is 33.5 Å². The minimum Gasteiger partial charge on any atom is -0.453 e. The van der Waals surface area contributed by atoms with Gasteiger partial charge in [0.1, 0.15) is 0 Å². The van der Waals surface area contributed by atoms with Crippen molar-refractivity contribution in [2.75, 3.05) is 0 Å². The van der Waals surface area contributed by atoms with Gasteiger partial charge in [-0.2, -0.15) is 0 Å². The zero-order valence-electron chi connectivity index (χ0n) is 11.6. The Balaban J connectivity index is 1.94. The third kappa shape index (κ3) is 3.50. The lowest BCUT2D eigenvalue weighted by molar-refractivity contribution is -0.153. The van der Waals surface area contributed by atoms with Crippen molar-refractivity contribution in [3.63, 3.8) is 0 Å². The first-order chi connectivity index (χ1) is 9.99. The van der Waals surface area contributed by atoms with Crippen LogP contribution in [0.4, 0.5) is 0 Å². The fraction of sp³-hybridized carbons (Fsp3) is 0.357. The summed E-state index contributed by atoms with van der Waals surface area (Å²) in [6.45, 7) is 1.74. The van der Waals surface area contributed by atoms with Crippen LogP contribution in [0.5, 0.6) is 0 Å². The fourth-order valence-corrected chi connectivity index (χ4v) is 1.92. The van der Waals surface area contributed by atoms with E-state index in [1.54, 1.807) is 24.3 Å². The molecule has 0 aliphatic carbocycles. The van der Waals surface area contributed by atoms with E-state index in [4.69, 9.17) is 14.9 Å². The van der Waals surface area contributed by atoms with Crippen molar-refractivity contribution in [3.05, 3.63) is 34.8 Å². The number of para-hydroxylation sites is 2. The molecule has 7 heteroatoms. The lowest BCUT2D eigenvalue weighted by Crippen LogP contribution is -2.30. The number of carbonyl (C=O) groups is 2. The molecular weight excluding hydrogens is 276 g/mol. The van der Waals surface area contributed by atoms with Gasteiger partial charge < -0.3 is 14.9 Å². The van der Waals surface area contributed by atoms with E-state index in [9.17, 15) is 14.4 Å². The number of hydrogen-bond donors (Lipinski definition) is 1. The summed E-state index contributed by atoms with van der Waals surface area (Å²) in [4.78, 5) is 34.0. The molecule has 0 spiro atoms. The first-order valence-corrected chi connectivity index (χ1v) is 6.56. The summed E-state index contributed by atoms with van der Waals surface area (Å²) in [5.74, 6) is -1.68. The molecule has 1 aromatic heterocycles. The van der Waals surface area contributed by atoms with Crippen LogP contribution in [0.3, 0.4) is 0 Å². The van der Waals surface area contributed by atoms with Crippen molar-refractivity contribution in [3.8, 4) is 0 Å². The van der Waals surface area contributed by atoms with Crippen LogP contribution in [-0.2, 0) is 20.9 Å². The van der Waals surface area contributed by atoms with Crippen LogP contribution in [0, 0.1) is 0 Å². The molecule has 1 amide bonds. The average molecular weight is 292 g/mol. The third-order valence-electron chi connectivity index (χ3n) is 3.05. The van der Waals surface area contributed by atoms with E-state index in [1.165, 1.54) is 11.5 Å². The number of oxazole rings is 1. The highest BCUT2D eigenvalue weighted by Crippen LogP contribution is 2.12. The van der Waals surface area contributed by atoms with Gasteiger partial charge in [-0.05, 0) is 25.5 Å². The predicted octanol–water partition coefficient (Wildman–Crippen LogP) is 0.792. The number of aryl methyl sites for hydroxylation is 1. The van der Waals surface area contributed by atoms with Crippen LogP contribution in [0.1, 0.15) is 19.8 Å². The van der Waals surface area contributed by atoms with E-state index in [0.717, 1.165) is 0 Å². The molecule has 112 valence electrons. The highest BCUT2D eigenvalue weighted by atomic mass is 16.5. The number of rotatable bonds is 6. The van der Waals surface area contributed by atoms with Gasteiger partial charge in [-0.15, -0.1) is 0 Å². The first kappa shape index (κ1) is 14.8. The summed E-state index contributed by atoms with van der Waals surface area (Å²) in [5.41, 5.74) is 6.19. The Labute approximate surface area is 120 Å². The molecule has 2 aromatic rings. The maximum absolute atomic E-state index is 11.7. The molecule has 2 rings (SSSR count). The van der Waals surface area contributed by atoms with E-state index >= 15 is 0 Å². The standard InChI is InChI=1S/C14H16N2O5/c1-9(13(15)18)20-12(17)7-4-8-16-10-5-2-3-6-11(10)21-14(16)19/h2-3,5-6,9H,4,7-8H2,1H3,(H2,15,18)/t9-/m0/s1. The molecule has 0 bridgehead atoms. The second kappa shape index (κ2) is 6.25. The molecule has 0 radical (unpaired) electrons. The zero-order chi connectivity index (χ0) is 15.4. The van der Waals surface area contributed by atoms with Crippen molar-refractivity contribution in [2.45, 2.75) is 32.4 Å². The SMILES string of the molecule is C[C@H](OC(=O)CCCn1c(=O)oc2ccccc21)C(N)=O. The summed E-state index contributed by atoms with van der Waals surface area (Å²) in [5, 5.41) is 0.